The molecule has 13 heavy (non-hydrogen) atoms. The van der Waals surface area contributed by atoms with Gasteiger partial charge in [-0.05, 0) is 18.6 Å². The summed E-state index contributed by atoms with van der Waals surface area (Å²) in [6.45, 7) is 2.15. The molecule has 4 heteroatoms. The molecule has 2 heterocycles. The van der Waals surface area contributed by atoms with Crippen molar-refractivity contribution in [2.75, 3.05) is 0 Å². The molecule has 0 fully saturated rings. The average molecular weight is 258 g/mol. The van der Waals surface area contributed by atoms with Crippen LogP contribution in [-0.2, 0) is 6.42 Å². The van der Waals surface area contributed by atoms with Gasteiger partial charge in [-0.2, -0.15) is 0 Å². The van der Waals surface area contributed by atoms with Crippen molar-refractivity contribution in [2.24, 2.45) is 0 Å². The van der Waals surface area contributed by atoms with Crippen molar-refractivity contribution < 1.29 is 4.42 Å². The Hall–Kier alpha value is -0.610. The van der Waals surface area contributed by atoms with Gasteiger partial charge < -0.3 is 4.42 Å². The van der Waals surface area contributed by atoms with Crippen LogP contribution in [0.25, 0.3) is 10.6 Å². The SMILES string of the molecule is CCc1ccc(-c2coc(Br)n2)s1. The lowest BCUT2D eigenvalue weighted by molar-refractivity contribution is 0.529. The second kappa shape index (κ2) is 3.64. The third-order valence-electron chi connectivity index (χ3n) is 1.74. The van der Waals surface area contributed by atoms with Crippen LogP contribution in [0.5, 0.6) is 0 Å². The van der Waals surface area contributed by atoms with E-state index in [1.54, 1.807) is 17.6 Å². The number of thiophene rings is 1. The van der Waals surface area contributed by atoms with Crippen LogP contribution in [0.3, 0.4) is 0 Å². The number of halogens is 1. The van der Waals surface area contributed by atoms with Crippen LogP contribution in [-0.4, -0.2) is 4.98 Å². The van der Waals surface area contributed by atoms with E-state index in [2.05, 4.69) is 40.0 Å². The van der Waals surface area contributed by atoms with E-state index in [0.717, 1.165) is 17.0 Å². The second-order valence-corrected chi connectivity index (χ2v) is 4.45. The van der Waals surface area contributed by atoms with E-state index in [-0.39, 0.29) is 0 Å². The molecular formula is C9H8BrNOS. The number of aryl methyl sites for hydroxylation is 1. The van der Waals surface area contributed by atoms with E-state index in [9.17, 15) is 0 Å². The third kappa shape index (κ3) is 1.84. The van der Waals surface area contributed by atoms with Crippen LogP contribution in [0.4, 0.5) is 0 Å². The Labute approximate surface area is 88.7 Å². The highest BCUT2D eigenvalue weighted by molar-refractivity contribution is 9.10. The summed E-state index contributed by atoms with van der Waals surface area (Å²) >= 11 is 4.94. The normalized spacial score (nSPS) is 10.6. The predicted octanol–water partition coefficient (Wildman–Crippen LogP) is 3.73. The van der Waals surface area contributed by atoms with Gasteiger partial charge in [0, 0.05) is 20.8 Å². The summed E-state index contributed by atoms with van der Waals surface area (Å²) in [5.74, 6) is 0. The Morgan fingerprint density at radius 1 is 1.54 bits per heavy atom. The first-order valence-electron chi connectivity index (χ1n) is 3.99. The van der Waals surface area contributed by atoms with Crippen molar-refractivity contribution >= 4 is 27.3 Å². The number of aromatic nitrogens is 1. The first-order chi connectivity index (χ1) is 6.29. The van der Waals surface area contributed by atoms with E-state index < -0.39 is 0 Å². The molecule has 0 saturated carbocycles. The Balaban J connectivity index is 2.35. The maximum absolute atomic E-state index is 5.07. The van der Waals surface area contributed by atoms with Gasteiger partial charge in [0.15, 0.2) is 0 Å². The van der Waals surface area contributed by atoms with Crippen molar-refractivity contribution in [2.45, 2.75) is 13.3 Å². The Morgan fingerprint density at radius 3 is 2.92 bits per heavy atom. The molecule has 2 rings (SSSR count). The van der Waals surface area contributed by atoms with Crippen LogP contribution in [0.1, 0.15) is 11.8 Å². The van der Waals surface area contributed by atoms with Gasteiger partial charge in [-0.1, -0.05) is 6.92 Å². The molecule has 2 aromatic rings. The molecule has 0 saturated heterocycles. The van der Waals surface area contributed by atoms with Crippen molar-refractivity contribution in [1.82, 2.24) is 4.98 Å². The molecule has 0 spiro atoms. The summed E-state index contributed by atoms with van der Waals surface area (Å²) < 4.78 is 5.07. The highest BCUT2D eigenvalue weighted by Gasteiger charge is 2.06. The molecule has 2 aromatic heterocycles. The van der Waals surface area contributed by atoms with E-state index in [4.69, 9.17) is 4.42 Å². The summed E-state index contributed by atoms with van der Waals surface area (Å²) in [7, 11) is 0. The maximum Gasteiger partial charge on any atom is 0.264 e. The van der Waals surface area contributed by atoms with Gasteiger partial charge in [0.25, 0.3) is 4.80 Å². The second-order valence-electron chi connectivity index (χ2n) is 2.61. The summed E-state index contributed by atoms with van der Waals surface area (Å²) in [5.41, 5.74) is 0.900. The largest absolute Gasteiger partial charge is 0.439 e. The van der Waals surface area contributed by atoms with Gasteiger partial charge in [0.2, 0.25) is 0 Å². The van der Waals surface area contributed by atoms with Gasteiger partial charge in [-0.3, -0.25) is 0 Å². The summed E-state index contributed by atoms with van der Waals surface area (Å²) in [5, 5.41) is 0. The zero-order valence-corrected chi connectivity index (χ0v) is 9.48. The zero-order chi connectivity index (χ0) is 9.26. The standard InChI is InChI=1S/C9H8BrNOS/c1-2-6-3-4-8(13-6)7-5-12-9(10)11-7/h3-5H,2H2,1H3. The van der Waals surface area contributed by atoms with Crippen LogP contribution >= 0.6 is 27.3 Å². The number of oxazole rings is 1. The van der Waals surface area contributed by atoms with E-state index in [1.165, 1.54) is 4.88 Å². The summed E-state index contributed by atoms with van der Waals surface area (Å²) in [6.07, 6.45) is 2.74. The van der Waals surface area contributed by atoms with Crippen molar-refractivity contribution in [1.29, 1.82) is 0 Å². The van der Waals surface area contributed by atoms with Gasteiger partial charge in [-0.25, -0.2) is 4.98 Å². The highest BCUT2D eigenvalue weighted by Crippen LogP contribution is 2.28. The van der Waals surface area contributed by atoms with Crippen molar-refractivity contribution in [3.05, 3.63) is 28.1 Å². The van der Waals surface area contributed by atoms with Gasteiger partial charge in [0.05, 0.1) is 4.88 Å². The Kier molecular flexibility index (Phi) is 2.51. The topological polar surface area (TPSA) is 26.0 Å². The molecule has 0 radical (unpaired) electrons. The van der Waals surface area contributed by atoms with Gasteiger partial charge >= 0.3 is 0 Å². The van der Waals surface area contributed by atoms with Crippen molar-refractivity contribution in [3.8, 4) is 10.6 Å². The van der Waals surface area contributed by atoms with E-state index in [0.29, 0.717) is 4.80 Å². The Morgan fingerprint density at radius 2 is 2.38 bits per heavy atom. The lowest BCUT2D eigenvalue weighted by Gasteiger charge is -1.85. The number of hydrogen-bond donors (Lipinski definition) is 0. The average Bonchev–Trinajstić information content (AvgIpc) is 2.71. The molecule has 68 valence electrons. The lowest BCUT2D eigenvalue weighted by atomic mass is 10.3. The highest BCUT2D eigenvalue weighted by atomic mass is 79.9. The predicted molar refractivity (Wildman–Crippen MR) is 56.9 cm³/mol. The zero-order valence-electron chi connectivity index (χ0n) is 7.08. The molecule has 0 aromatic carbocycles. The maximum atomic E-state index is 5.07. The number of rotatable bonds is 2. The van der Waals surface area contributed by atoms with Gasteiger partial charge in [0.1, 0.15) is 12.0 Å². The molecule has 0 amide bonds. The quantitative estimate of drug-likeness (QED) is 0.820. The first-order valence-corrected chi connectivity index (χ1v) is 5.60. The fourth-order valence-electron chi connectivity index (χ4n) is 1.07. The third-order valence-corrected chi connectivity index (χ3v) is 3.36. The molecule has 2 nitrogen and oxygen atoms in total. The van der Waals surface area contributed by atoms with Crippen LogP contribution < -0.4 is 0 Å². The van der Waals surface area contributed by atoms with Crippen LogP contribution in [0.2, 0.25) is 0 Å². The summed E-state index contributed by atoms with van der Waals surface area (Å²) in [6, 6.07) is 4.20. The van der Waals surface area contributed by atoms with Crippen molar-refractivity contribution in [3.63, 3.8) is 0 Å². The molecular weight excluding hydrogens is 250 g/mol. The molecule has 0 aliphatic rings. The minimum atomic E-state index is 0.536. The minimum Gasteiger partial charge on any atom is -0.439 e. The summed E-state index contributed by atoms with van der Waals surface area (Å²) in [4.78, 5) is 7.25. The molecule has 0 aliphatic heterocycles. The minimum absolute atomic E-state index is 0.536. The molecule has 0 unspecified atom stereocenters. The number of hydrogen-bond acceptors (Lipinski definition) is 3. The molecule has 0 bridgehead atoms. The van der Waals surface area contributed by atoms with E-state index >= 15 is 0 Å². The molecule has 0 aliphatic carbocycles. The molecule has 0 N–H and O–H groups in total. The first kappa shape index (κ1) is 8.97. The fourth-order valence-corrected chi connectivity index (χ4v) is 2.25. The number of nitrogens with zero attached hydrogens (tertiary/aromatic N) is 1. The molecule has 0 atom stereocenters. The van der Waals surface area contributed by atoms with Crippen LogP contribution in [0.15, 0.2) is 27.6 Å². The lowest BCUT2D eigenvalue weighted by Crippen LogP contribution is -1.68. The smallest absolute Gasteiger partial charge is 0.264 e. The fraction of sp³-hybridized carbons (Fsp3) is 0.222. The van der Waals surface area contributed by atoms with Crippen LogP contribution in [0, 0.1) is 0 Å². The Bertz CT molecular complexity index is 407. The van der Waals surface area contributed by atoms with Gasteiger partial charge in [-0.15, -0.1) is 11.3 Å². The monoisotopic (exact) mass is 257 g/mol. The van der Waals surface area contributed by atoms with E-state index in [1.807, 2.05) is 0 Å².